The molecule has 0 spiro atoms. The quantitative estimate of drug-likeness (QED) is 0.564. The number of benzene rings is 1. The Hall–Kier alpha value is -2.52. The number of hydrogen-bond donors (Lipinski definition) is 0. The van der Waals surface area contributed by atoms with Crippen LogP contribution in [0.5, 0.6) is 0 Å². The second-order valence-corrected chi connectivity index (χ2v) is 6.33. The number of hydrogen-bond acceptors (Lipinski definition) is 6. The summed E-state index contributed by atoms with van der Waals surface area (Å²) in [5.74, 6) is 0. The van der Waals surface area contributed by atoms with Gasteiger partial charge < -0.3 is 4.74 Å². The molecule has 0 aliphatic heterocycles. The first-order valence-electron chi connectivity index (χ1n) is 6.63. The summed E-state index contributed by atoms with van der Waals surface area (Å²) in [6, 6.07) is 8.27. The van der Waals surface area contributed by atoms with Crippen molar-refractivity contribution in [3.63, 3.8) is 0 Å². The number of pyridine rings is 1. The number of para-hydroxylation sites is 1. The highest BCUT2D eigenvalue weighted by atomic mass is 32.2. The molecule has 8 nitrogen and oxygen atoms in total. The van der Waals surface area contributed by atoms with Crippen LogP contribution in [0.25, 0.3) is 0 Å². The van der Waals surface area contributed by atoms with Crippen LogP contribution >= 0.6 is 0 Å². The van der Waals surface area contributed by atoms with Gasteiger partial charge in [-0.2, -0.15) is 0 Å². The number of ether oxygens (including phenoxy) is 1. The summed E-state index contributed by atoms with van der Waals surface area (Å²) in [6.45, 7) is 0.164. The lowest BCUT2D eigenvalue weighted by molar-refractivity contribution is -0.387. The molecular formula is C14H15N3O5S. The number of sulfonamides is 1. The minimum Gasteiger partial charge on any atom is -0.383 e. The van der Waals surface area contributed by atoms with Crippen molar-refractivity contribution in [2.45, 2.75) is 4.90 Å². The lowest BCUT2D eigenvalue weighted by atomic mass is 10.3. The van der Waals surface area contributed by atoms with Gasteiger partial charge in [0.1, 0.15) is 0 Å². The van der Waals surface area contributed by atoms with Gasteiger partial charge in [-0.05, 0) is 18.2 Å². The van der Waals surface area contributed by atoms with E-state index >= 15 is 0 Å². The number of nitrogens with zero attached hydrogens (tertiary/aromatic N) is 3. The molecule has 0 saturated carbocycles. The lowest BCUT2D eigenvalue weighted by Crippen LogP contribution is -2.34. The molecule has 0 N–H and O–H groups in total. The first kappa shape index (κ1) is 16.8. The fourth-order valence-electron chi connectivity index (χ4n) is 2.02. The second-order valence-electron chi connectivity index (χ2n) is 4.50. The van der Waals surface area contributed by atoms with Crippen molar-refractivity contribution < 1.29 is 18.1 Å². The van der Waals surface area contributed by atoms with Crippen LogP contribution in [0.3, 0.4) is 0 Å². The van der Waals surface area contributed by atoms with Crippen molar-refractivity contribution in [1.29, 1.82) is 0 Å². The normalized spacial score (nSPS) is 11.2. The summed E-state index contributed by atoms with van der Waals surface area (Å²) in [5, 5.41) is 11.1. The topological polar surface area (TPSA) is 103 Å². The standard InChI is InChI=1S/C14H15N3O5S/c1-22-11-10-16(12-6-8-15-9-7-12)23(20,21)14-5-3-2-4-13(14)17(18)19/h2-9H,10-11H2,1H3. The third-order valence-corrected chi connectivity index (χ3v) is 4.95. The zero-order valence-electron chi connectivity index (χ0n) is 12.3. The van der Waals surface area contributed by atoms with Gasteiger partial charge in [0.25, 0.3) is 15.7 Å². The van der Waals surface area contributed by atoms with Crippen LogP contribution in [-0.4, -0.2) is 38.6 Å². The predicted molar refractivity (Wildman–Crippen MR) is 83.7 cm³/mol. The Morgan fingerprint density at radius 2 is 1.87 bits per heavy atom. The van der Waals surface area contributed by atoms with Gasteiger partial charge in [-0.15, -0.1) is 0 Å². The highest BCUT2D eigenvalue weighted by molar-refractivity contribution is 7.93. The van der Waals surface area contributed by atoms with Crippen LogP contribution in [0.15, 0.2) is 53.7 Å². The summed E-state index contributed by atoms with van der Waals surface area (Å²) in [6.07, 6.45) is 2.90. The molecule has 23 heavy (non-hydrogen) atoms. The average Bonchev–Trinajstić information content (AvgIpc) is 2.56. The van der Waals surface area contributed by atoms with Crippen molar-refractivity contribution in [3.05, 3.63) is 58.9 Å². The molecule has 0 radical (unpaired) electrons. The maximum Gasteiger partial charge on any atom is 0.289 e. The molecule has 1 aromatic carbocycles. The zero-order chi connectivity index (χ0) is 16.9. The maximum atomic E-state index is 12.9. The van der Waals surface area contributed by atoms with Crippen LogP contribution in [0.4, 0.5) is 11.4 Å². The lowest BCUT2D eigenvalue weighted by Gasteiger charge is -2.23. The van der Waals surface area contributed by atoms with Crippen molar-refractivity contribution >= 4 is 21.4 Å². The minimum atomic E-state index is -4.12. The van der Waals surface area contributed by atoms with Crippen LogP contribution in [-0.2, 0) is 14.8 Å². The van der Waals surface area contributed by atoms with Crippen LogP contribution < -0.4 is 4.31 Å². The number of nitro groups is 1. The van der Waals surface area contributed by atoms with Gasteiger partial charge in [0.2, 0.25) is 0 Å². The number of anilines is 1. The molecule has 0 aliphatic carbocycles. The molecule has 0 atom stereocenters. The number of methoxy groups -OCH3 is 1. The molecule has 0 aliphatic rings. The molecule has 0 saturated heterocycles. The summed E-state index contributed by atoms with van der Waals surface area (Å²) in [7, 11) is -2.67. The smallest absolute Gasteiger partial charge is 0.289 e. The first-order chi connectivity index (χ1) is 11.0. The van der Waals surface area contributed by atoms with Crippen molar-refractivity contribution in [2.75, 3.05) is 24.6 Å². The molecule has 122 valence electrons. The molecule has 1 aromatic heterocycles. The molecule has 0 amide bonds. The molecule has 2 rings (SSSR count). The van der Waals surface area contributed by atoms with E-state index in [1.54, 1.807) is 0 Å². The third kappa shape index (κ3) is 3.63. The van der Waals surface area contributed by atoms with Crippen molar-refractivity contribution in [1.82, 2.24) is 4.98 Å². The fraction of sp³-hybridized carbons (Fsp3) is 0.214. The monoisotopic (exact) mass is 337 g/mol. The Labute approximate surface area is 133 Å². The van der Waals surface area contributed by atoms with Crippen LogP contribution in [0.2, 0.25) is 0 Å². The second kappa shape index (κ2) is 7.16. The van der Waals surface area contributed by atoms with E-state index in [9.17, 15) is 18.5 Å². The summed E-state index contributed by atoms with van der Waals surface area (Å²) in [4.78, 5) is 13.9. The molecule has 1 heterocycles. The van der Waals surface area contributed by atoms with Gasteiger partial charge in [-0.25, -0.2) is 8.42 Å². The Morgan fingerprint density at radius 1 is 1.22 bits per heavy atom. The van der Waals surface area contributed by atoms with Crippen LogP contribution in [0.1, 0.15) is 0 Å². The van der Waals surface area contributed by atoms with E-state index in [0.29, 0.717) is 5.69 Å². The van der Waals surface area contributed by atoms with Gasteiger partial charge in [0.05, 0.1) is 23.8 Å². The van der Waals surface area contributed by atoms with Gasteiger partial charge in [0, 0.05) is 25.6 Å². The van der Waals surface area contributed by atoms with Crippen molar-refractivity contribution in [2.24, 2.45) is 0 Å². The Bertz CT molecular complexity index is 780. The third-order valence-electron chi connectivity index (χ3n) is 3.08. The first-order valence-corrected chi connectivity index (χ1v) is 8.07. The van der Waals surface area contributed by atoms with Gasteiger partial charge in [0.15, 0.2) is 4.90 Å². The summed E-state index contributed by atoms with van der Waals surface area (Å²) in [5.41, 5.74) is -0.112. The zero-order valence-corrected chi connectivity index (χ0v) is 13.1. The minimum absolute atomic E-state index is 0.0227. The SMILES string of the molecule is COCCN(c1ccncc1)S(=O)(=O)c1ccccc1[N+](=O)[O-]. The van der Waals surface area contributed by atoms with Crippen molar-refractivity contribution in [3.8, 4) is 0 Å². The van der Waals surface area contributed by atoms with E-state index in [-0.39, 0.29) is 18.0 Å². The van der Waals surface area contributed by atoms with E-state index in [4.69, 9.17) is 4.74 Å². The van der Waals surface area contributed by atoms with E-state index in [2.05, 4.69) is 4.98 Å². The molecule has 0 unspecified atom stereocenters. The average molecular weight is 337 g/mol. The molecule has 0 bridgehead atoms. The van der Waals surface area contributed by atoms with Gasteiger partial charge >= 0.3 is 0 Å². The Balaban J connectivity index is 2.55. The van der Waals surface area contributed by atoms with Crippen LogP contribution in [0, 0.1) is 10.1 Å². The van der Waals surface area contributed by atoms with E-state index in [1.165, 1.54) is 49.8 Å². The van der Waals surface area contributed by atoms with Gasteiger partial charge in [-0.3, -0.25) is 19.4 Å². The van der Waals surface area contributed by atoms with E-state index in [1.807, 2.05) is 0 Å². The highest BCUT2D eigenvalue weighted by Gasteiger charge is 2.31. The highest BCUT2D eigenvalue weighted by Crippen LogP contribution is 2.29. The molecule has 2 aromatic rings. The fourth-order valence-corrected chi connectivity index (χ4v) is 3.63. The molecule has 0 fully saturated rings. The van der Waals surface area contributed by atoms with Gasteiger partial charge in [-0.1, -0.05) is 12.1 Å². The number of rotatable bonds is 7. The summed E-state index contributed by atoms with van der Waals surface area (Å²) < 4.78 is 31.8. The number of nitro benzene ring substituents is 1. The maximum absolute atomic E-state index is 12.9. The van der Waals surface area contributed by atoms with E-state index < -0.39 is 20.6 Å². The molecule has 9 heteroatoms. The Kier molecular flexibility index (Phi) is 5.24. The number of aromatic nitrogens is 1. The summed E-state index contributed by atoms with van der Waals surface area (Å²) >= 11 is 0. The predicted octanol–water partition coefficient (Wildman–Crippen LogP) is 1.83. The largest absolute Gasteiger partial charge is 0.383 e. The van der Waals surface area contributed by atoms with E-state index in [0.717, 1.165) is 10.4 Å². The Morgan fingerprint density at radius 3 is 2.48 bits per heavy atom. The molecular weight excluding hydrogens is 322 g/mol.